The maximum Gasteiger partial charge on any atom is 0.321 e. The molecule has 2 amide bonds. The number of imidazole rings is 1. The Labute approximate surface area is 121 Å². The van der Waals surface area contributed by atoms with Gasteiger partial charge in [0.2, 0.25) is 5.13 Å². The minimum Gasteiger partial charge on any atom is -0.338 e. The van der Waals surface area contributed by atoms with Crippen LogP contribution in [0.25, 0.3) is 0 Å². The molecule has 0 aliphatic rings. The van der Waals surface area contributed by atoms with Crippen molar-refractivity contribution >= 4 is 22.5 Å². The molecule has 108 valence electrons. The van der Waals surface area contributed by atoms with Gasteiger partial charge in [-0.2, -0.15) is 0 Å². The van der Waals surface area contributed by atoms with Crippen molar-refractivity contribution in [2.24, 2.45) is 0 Å². The zero-order valence-corrected chi connectivity index (χ0v) is 12.2. The molecular formula is C12H18N6OS. The number of nitrogens with one attached hydrogen (secondary N) is 2. The van der Waals surface area contributed by atoms with E-state index in [1.807, 2.05) is 10.8 Å². The van der Waals surface area contributed by atoms with Gasteiger partial charge in [-0.05, 0) is 12.8 Å². The van der Waals surface area contributed by atoms with Crippen molar-refractivity contribution in [1.82, 2.24) is 25.1 Å². The van der Waals surface area contributed by atoms with Crippen LogP contribution in [0.3, 0.4) is 0 Å². The third-order valence-corrected chi connectivity index (χ3v) is 3.49. The molecule has 2 heterocycles. The van der Waals surface area contributed by atoms with Crippen LogP contribution < -0.4 is 10.6 Å². The van der Waals surface area contributed by atoms with E-state index in [4.69, 9.17) is 0 Å². The molecule has 0 spiro atoms. The Hall–Kier alpha value is -1.96. The molecular weight excluding hydrogens is 276 g/mol. The highest BCUT2D eigenvalue weighted by Gasteiger charge is 2.06. The van der Waals surface area contributed by atoms with Crippen LogP contribution >= 0.6 is 11.3 Å². The predicted octanol–water partition coefficient (Wildman–Crippen LogP) is 1.90. The number of urea groups is 1. The molecule has 0 bridgehead atoms. The minimum absolute atomic E-state index is 0.241. The summed E-state index contributed by atoms with van der Waals surface area (Å²) in [5, 5.41) is 14.9. The van der Waals surface area contributed by atoms with Crippen LogP contribution in [0.2, 0.25) is 0 Å². The second-order valence-electron chi connectivity index (χ2n) is 4.29. The van der Waals surface area contributed by atoms with Gasteiger partial charge in [0.1, 0.15) is 5.01 Å². The van der Waals surface area contributed by atoms with E-state index in [1.165, 1.54) is 11.3 Å². The monoisotopic (exact) mass is 294 g/mol. The Morgan fingerprint density at radius 2 is 2.35 bits per heavy atom. The van der Waals surface area contributed by atoms with Crippen LogP contribution in [0, 0.1) is 0 Å². The number of anilines is 1. The first-order valence-corrected chi connectivity index (χ1v) is 7.42. The average molecular weight is 294 g/mol. The lowest BCUT2D eigenvalue weighted by Gasteiger charge is -2.05. The smallest absolute Gasteiger partial charge is 0.321 e. The highest BCUT2D eigenvalue weighted by molar-refractivity contribution is 7.15. The van der Waals surface area contributed by atoms with Crippen LogP contribution in [-0.2, 0) is 13.0 Å². The molecule has 2 rings (SSSR count). The van der Waals surface area contributed by atoms with Crippen molar-refractivity contribution in [2.45, 2.75) is 32.7 Å². The number of rotatable bonds is 7. The molecule has 0 aromatic carbocycles. The third kappa shape index (κ3) is 4.61. The molecule has 0 saturated heterocycles. The van der Waals surface area contributed by atoms with Gasteiger partial charge in [0.15, 0.2) is 0 Å². The summed E-state index contributed by atoms with van der Waals surface area (Å²) in [5.74, 6) is 0. The fourth-order valence-electron chi connectivity index (χ4n) is 1.64. The number of aryl methyl sites for hydroxylation is 2. The third-order valence-electron chi connectivity index (χ3n) is 2.59. The molecule has 2 aromatic heterocycles. The van der Waals surface area contributed by atoms with E-state index < -0.39 is 0 Å². The van der Waals surface area contributed by atoms with Gasteiger partial charge in [-0.15, -0.1) is 10.2 Å². The van der Waals surface area contributed by atoms with E-state index in [0.717, 1.165) is 30.8 Å². The number of aromatic nitrogens is 4. The van der Waals surface area contributed by atoms with Crippen LogP contribution in [-0.4, -0.2) is 32.3 Å². The first-order chi connectivity index (χ1) is 9.78. The number of hydrogen-bond donors (Lipinski definition) is 2. The van der Waals surface area contributed by atoms with Crippen molar-refractivity contribution in [1.29, 1.82) is 0 Å². The number of nitrogens with zero attached hydrogens (tertiary/aromatic N) is 4. The summed E-state index contributed by atoms with van der Waals surface area (Å²) in [7, 11) is 0. The molecule has 8 heteroatoms. The standard InChI is InChI=1S/C12H18N6OS/c1-2-4-10-16-17-12(20-10)15-11(19)14-5-3-7-18-8-6-13-9-18/h6,8-9H,2-5,7H2,1H3,(H2,14,15,17,19). The number of carbonyl (C=O) groups is 1. The molecule has 0 unspecified atom stereocenters. The van der Waals surface area contributed by atoms with E-state index in [2.05, 4.69) is 32.7 Å². The molecule has 0 aliphatic carbocycles. The first kappa shape index (κ1) is 14.4. The Bertz CT molecular complexity index is 524. The topological polar surface area (TPSA) is 84.7 Å². The van der Waals surface area contributed by atoms with Gasteiger partial charge >= 0.3 is 6.03 Å². The summed E-state index contributed by atoms with van der Waals surface area (Å²) in [6.07, 6.45) is 8.17. The Morgan fingerprint density at radius 3 is 3.10 bits per heavy atom. The molecule has 0 radical (unpaired) electrons. The molecule has 0 fully saturated rings. The second kappa shape index (κ2) is 7.59. The lowest BCUT2D eigenvalue weighted by molar-refractivity contribution is 0.252. The van der Waals surface area contributed by atoms with E-state index >= 15 is 0 Å². The maximum atomic E-state index is 11.6. The maximum absolute atomic E-state index is 11.6. The molecule has 20 heavy (non-hydrogen) atoms. The number of hydrogen-bond acceptors (Lipinski definition) is 5. The fraction of sp³-hybridized carbons (Fsp3) is 0.500. The molecule has 2 N–H and O–H groups in total. The SMILES string of the molecule is CCCc1nnc(NC(=O)NCCCn2ccnc2)s1. The van der Waals surface area contributed by atoms with Gasteiger partial charge in [-0.25, -0.2) is 9.78 Å². The lowest BCUT2D eigenvalue weighted by atomic mass is 10.4. The molecule has 0 saturated carbocycles. The Balaban J connectivity index is 1.64. The lowest BCUT2D eigenvalue weighted by Crippen LogP contribution is -2.29. The van der Waals surface area contributed by atoms with Gasteiger partial charge in [-0.1, -0.05) is 18.3 Å². The summed E-state index contributed by atoms with van der Waals surface area (Å²) in [5.41, 5.74) is 0. The van der Waals surface area contributed by atoms with Gasteiger partial charge in [0.25, 0.3) is 0 Å². The fourth-order valence-corrected chi connectivity index (χ4v) is 2.48. The quantitative estimate of drug-likeness (QED) is 0.764. The summed E-state index contributed by atoms with van der Waals surface area (Å²) < 4.78 is 1.97. The Kier molecular flexibility index (Phi) is 5.48. The minimum atomic E-state index is -0.241. The zero-order chi connectivity index (χ0) is 14.2. The summed E-state index contributed by atoms with van der Waals surface area (Å²) in [4.78, 5) is 15.6. The normalized spacial score (nSPS) is 10.4. The van der Waals surface area contributed by atoms with Crippen LogP contribution in [0.4, 0.5) is 9.93 Å². The van der Waals surface area contributed by atoms with Crippen molar-refractivity contribution in [3.8, 4) is 0 Å². The van der Waals surface area contributed by atoms with Crippen LogP contribution in [0.5, 0.6) is 0 Å². The van der Waals surface area contributed by atoms with E-state index in [9.17, 15) is 4.79 Å². The van der Waals surface area contributed by atoms with E-state index in [0.29, 0.717) is 11.7 Å². The van der Waals surface area contributed by atoms with E-state index in [1.54, 1.807) is 12.5 Å². The summed E-state index contributed by atoms with van der Waals surface area (Å²) >= 11 is 1.42. The van der Waals surface area contributed by atoms with Gasteiger partial charge in [0.05, 0.1) is 6.33 Å². The van der Waals surface area contributed by atoms with Gasteiger partial charge < -0.3 is 9.88 Å². The predicted molar refractivity (Wildman–Crippen MR) is 77.8 cm³/mol. The summed E-state index contributed by atoms with van der Waals surface area (Å²) in [6.45, 7) is 3.52. The molecule has 0 aliphatic heterocycles. The van der Waals surface area contributed by atoms with Crippen molar-refractivity contribution in [3.05, 3.63) is 23.7 Å². The van der Waals surface area contributed by atoms with Crippen LogP contribution in [0.1, 0.15) is 24.8 Å². The van der Waals surface area contributed by atoms with Gasteiger partial charge in [-0.3, -0.25) is 5.32 Å². The zero-order valence-electron chi connectivity index (χ0n) is 11.4. The van der Waals surface area contributed by atoms with E-state index in [-0.39, 0.29) is 6.03 Å². The molecule has 7 nitrogen and oxygen atoms in total. The summed E-state index contributed by atoms with van der Waals surface area (Å²) in [6, 6.07) is -0.241. The van der Waals surface area contributed by atoms with Crippen LogP contribution in [0.15, 0.2) is 18.7 Å². The number of amides is 2. The Morgan fingerprint density at radius 1 is 1.45 bits per heavy atom. The highest BCUT2D eigenvalue weighted by atomic mass is 32.1. The number of carbonyl (C=O) groups excluding carboxylic acids is 1. The van der Waals surface area contributed by atoms with Crippen molar-refractivity contribution < 1.29 is 4.79 Å². The highest BCUT2D eigenvalue weighted by Crippen LogP contribution is 2.16. The van der Waals surface area contributed by atoms with Gasteiger partial charge in [0, 0.05) is 31.9 Å². The molecule has 0 atom stereocenters. The second-order valence-corrected chi connectivity index (χ2v) is 5.35. The first-order valence-electron chi connectivity index (χ1n) is 6.61. The molecule has 2 aromatic rings. The van der Waals surface area contributed by atoms with Crippen molar-refractivity contribution in [3.63, 3.8) is 0 Å². The van der Waals surface area contributed by atoms with Crippen molar-refractivity contribution in [2.75, 3.05) is 11.9 Å². The largest absolute Gasteiger partial charge is 0.338 e. The average Bonchev–Trinajstić information content (AvgIpc) is 3.07.